The van der Waals surface area contributed by atoms with Gasteiger partial charge in [-0.05, 0) is 32.1 Å². The Morgan fingerprint density at radius 1 is 1.23 bits per heavy atom. The molecule has 0 radical (unpaired) electrons. The van der Waals surface area contributed by atoms with E-state index in [1.54, 1.807) is 11.7 Å². The van der Waals surface area contributed by atoms with Crippen LogP contribution in [0, 0.1) is 5.92 Å². The maximum absolute atomic E-state index is 13.5. The van der Waals surface area contributed by atoms with Crippen molar-refractivity contribution in [3.05, 3.63) is 79.3 Å². The van der Waals surface area contributed by atoms with Crippen molar-refractivity contribution in [2.24, 2.45) is 10.9 Å². The van der Waals surface area contributed by atoms with Crippen molar-refractivity contribution >= 4 is 23.2 Å². The minimum Gasteiger partial charge on any atom is -0.496 e. The number of carbonyl (C=O) groups is 1. The molecule has 0 saturated carbocycles. The fourth-order valence-electron chi connectivity index (χ4n) is 4.48. The van der Waals surface area contributed by atoms with Gasteiger partial charge >= 0.3 is 0 Å². The van der Waals surface area contributed by atoms with Gasteiger partial charge in [0.1, 0.15) is 23.2 Å². The van der Waals surface area contributed by atoms with E-state index < -0.39 is 17.7 Å². The van der Waals surface area contributed by atoms with E-state index in [1.807, 2.05) is 61.5 Å². The molecule has 152 valence electrons. The number of ketones is 1. The number of benzene rings is 2. The molecule has 2 aromatic carbocycles. The van der Waals surface area contributed by atoms with Crippen molar-refractivity contribution in [1.29, 1.82) is 0 Å². The first-order valence-electron chi connectivity index (χ1n) is 9.67. The molecule has 0 spiro atoms. The van der Waals surface area contributed by atoms with Crippen molar-refractivity contribution in [3.63, 3.8) is 0 Å². The summed E-state index contributed by atoms with van der Waals surface area (Å²) < 4.78 is 13.8. The predicted molar refractivity (Wildman–Crippen MR) is 114 cm³/mol. The molecule has 0 aliphatic carbocycles. The summed E-state index contributed by atoms with van der Waals surface area (Å²) in [7, 11) is 1.60. The summed E-state index contributed by atoms with van der Waals surface area (Å²) in [5.74, 6) is 0.711. The Morgan fingerprint density at radius 3 is 2.73 bits per heavy atom. The average molecular weight is 420 g/mol. The van der Waals surface area contributed by atoms with Gasteiger partial charge in [0.25, 0.3) is 5.56 Å². The highest BCUT2D eigenvalue weighted by molar-refractivity contribution is 7.07. The van der Waals surface area contributed by atoms with Crippen LogP contribution in [0.15, 0.2) is 58.3 Å². The molecule has 2 bridgehead atoms. The molecule has 7 heteroatoms. The molecule has 3 atom stereocenters. The summed E-state index contributed by atoms with van der Waals surface area (Å²) in [6.07, 6.45) is 1.81. The number of nitrogens with zero attached hydrogens (tertiary/aromatic N) is 2. The zero-order chi connectivity index (χ0) is 21.0. The van der Waals surface area contributed by atoms with Crippen LogP contribution in [-0.2, 0) is 4.79 Å². The van der Waals surface area contributed by atoms with Gasteiger partial charge in [0.15, 0.2) is 4.80 Å². The van der Waals surface area contributed by atoms with Gasteiger partial charge in [-0.3, -0.25) is 14.2 Å². The van der Waals surface area contributed by atoms with Crippen LogP contribution >= 0.6 is 11.3 Å². The normalized spacial score (nSPS) is 24.3. The number of aromatic nitrogens is 1. The first-order chi connectivity index (χ1) is 14.4. The molecule has 0 saturated heterocycles. The van der Waals surface area contributed by atoms with E-state index >= 15 is 0 Å². The van der Waals surface area contributed by atoms with E-state index in [0.717, 1.165) is 11.1 Å². The number of para-hydroxylation sites is 2. The van der Waals surface area contributed by atoms with Crippen molar-refractivity contribution < 1.29 is 14.3 Å². The summed E-state index contributed by atoms with van der Waals surface area (Å²) >= 11 is 1.30. The molecule has 0 unspecified atom stereocenters. The number of fused-ring (bicyclic) bond motifs is 6. The highest BCUT2D eigenvalue weighted by Gasteiger charge is 2.53. The monoisotopic (exact) mass is 420 g/mol. The Kier molecular flexibility index (Phi) is 4.18. The number of methoxy groups -OCH3 is 1. The van der Waals surface area contributed by atoms with Crippen molar-refractivity contribution in [3.8, 4) is 11.5 Å². The van der Waals surface area contributed by atoms with Gasteiger partial charge in [-0.25, -0.2) is 4.99 Å². The van der Waals surface area contributed by atoms with E-state index in [0.29, 0.717) is 20.8 Å². The Morgan fingerprint density at radius 2 is 1.97 bits per heavy atom. The lowest BCUT2D eigenvalue weighted by Gasteiger charge is -2.45. The maximum Gasteiger partial charge on any atom is 0.270 e. The summed E-state index contributed by atoms with van der Waals surface area (Å²) in [5, 5.41) is 0. The summed E-state index contributed by atoms with van der Waals surface area (Å²) in [5.41, 5.74) is 0.420. The summed E-state index contributed by atoms with van der Waals surface area (Å²) in [6.45, 7) is 3.35. The van der Waals surface area contributed by atoms with Crippen LogP contribution in [0.25, 0.3) is 6.08 Å². The van der Waals surface area contributed by atoms with Crippen LogP contribution in [0.2, 0.25) is 0 Å². The molecule has 0 N–H and O–H groups in total. The fraction of sp³-hybridized carbons (Fsp3) is 0.261. The zero-order valence-electron chi connectivity index (χ0n) is 16.8. The van der Waals surface area contributed by atoms with E-state index in [-0.39, 0.29) is 11.3 Å². The van der Waals surface area contributed by atoms with Crippen LogP contribution in [0.5, 0.6) is 11.5 Å². The van der Waals surface area contributed by atoms with E-state index in [4.69, 9.17) is 14.5 Å². The number of hydrogen-bond donors (Lipinski definition) is 0. The number of rotatable bonds is 3. The highest BCUT2D eigenvalue weighted by Crippen LogP contribution is 2.47. The largest absolute Gasteiger partial charge is 0.496 e. The minimum absolute atomic E-state index is 0.0558. The molecule has 0 fully saturated rings. The molecule has 6 nitrogen and oxygen atoms in total. The van der Waals surface area contributed by atoms with Crippen molar-refractivity contribution in [2.75, 3.05) is 7.11 Å². The number of thiazole rings is 1. The molecular formula is C23H20N2O4S. The van der Waals surface area contributed by atoms with Crippen LogP contribution in [0.1, 0.15) is 31.0 Å². The average Bonchev–Trinajstić information content (AvgIpc) is 3.01. The molecule has 2 aliphatic heterocycles. The number of ether oxygens (including phenoxy) is 2. The van der Waals surface area contributed by atoms with Gasteiger partial charge in [-0.2, -0.15) is 0 Å². The quantitative estimate of drug-likeness (QED) is 0.652. The van der Waals surface area contributed by atoms with Gasteiger partial charge in [-0.1, -0.05) is 47.7 Å². The molecule has 30 heavy (non-hydrogen) atoms. The second-order valence-corrected chi connectivity index (χ2v) is 8.66. The van der Waals surface area contributed by atoms with Crippen molar-refractivity contribution in [2.45, 2.75) is 25.6 Å². The standard InChI is InChI=1S/C23H20N2O4S/c1-13(26)19-20-15-9-5-7-11-17(15)29-23(19,2)24-22-25(20)21(27)18(30-22)12-14-8-4-6-10-16(14)28-3/h4-12,19-20H,1-3H3/b18-12-/t19-,20-,23+/m1/s1. The minimum atomic E-state index is -1.05. The highest BCUT2D eigenvalue weighted by atomic mass is 32.1. The first-order valence-corrected chi connectivity index (χ1v) is 10.5. The second-order valence-electron chi connectivity index (χ2n) is 7.65. The molecule has 2 aliphatic rings. The van der Waals surface area contributed by atoms with Gasteiger partial charge < -0.3 is 9.47 Å². The van der Waals surface area contributed by atoms with Gasteiger partial charge in [-0.15, -0.1) is 0 Å². The predicted octanol–water partition coefficient (Wildman–Crippen LogP) is 2.28. The third-order valence-corrected chi connectivity index (χ3v) is 6.73. The van der Waals surface area contributed by atoms with Crippen LogP contribution in [0.3, 0.4) is 0 Å². The van der Waals surface area contributed by atoms with Gasteiger partial charge in [0.2, 0.25) is 5.72 Å². The maximum atomic E-state index is 13.5. The van der Waals surface area contributed by atoms with E-state index in [2.05, 4.69) is 0 Å². The SMILES string of the molecule is COc1ccccc1/C=c1\sc2n(c1=O)[C@@H]1c3ccccc3O[C@](C)(N=2)[C@@H]1C(C)=O. The Balaban J connectivity index is 1.81. The first kappa shape index (κ1) is 18.8. The van der Waals surface area contributed by atoms with Crippen molar-refractivity contribution in [1.82, 2.24) is 4.57 Å². The second kappa shape index (κ2) is 6.67. The summed E-state index contributed by atoms with van der Waals surface area (Å²) in [4.78, 5) is 31.5. The Bertz CT molecular complexity index is 1360. The Hall–Kier alpha value is -3.19. The third kappa shape index (κ3) is 2.65. The van der Waals surface area contributed by atoms with Crippen LogP contribution < -0.4 is 24.4 Å². The Labute approximate surface area is 176 Å². The summed E-state index contributed by atoms with van der Waals surface area (Å²) in [6, 6.07) is 14.6. The smallest absolute Gasteiger partial charge is 0.270 e. The van der Waals surface area contributed by atoms with Gasteiger partial charge in [0, 0.05) is 11.1 Å². The lowest BCUT2D eigenvalue weighted by atomic mass is 9.79. The lowest BCUT2D eigenvalue weighted by Crippen LogP contribution is -2.58. The lowest BCUT2D eigenvalue weighted by molar-refractivity contribution is -0.132. The van der Waals surface area contributed by atoms with E-state index in [1.165, 1.54) is 18.3 Å². The zero-order valence-corrected chi connectivity index (χ0v) is 17.6. The third-order valence-electron chi connectivity index (χ3n) is 5.74. The van der Waals surface area contributed by atoms with Crippen LogP contribution in [0.4, 0.5) is 0 Å². The topological polar surface area (TPSA) is 69.9 Å². The molecule has 0 amide bonds. The molecule has 5 rings (SSSR count). The molecule has 3 aromatic rings. The number of carbonyl (C=O) groups excluding carboxylic acids is 1. The number of Topliss-reactive ketones (excluding diaryl/α,β-unsaturated/α-hetero) is 1. The van der Waals surface area contributed by atoms with E-state index in [9.17, 15) is 9.59 Å². The fourth-order valence-corrected chi connectivity index (χ4v) is 5.57. The molecule has 3 heterocycles. The molecule has 1 aromatic heterocycles. The molecular weight excluding hydrogens is 400 g/mol. The van der Waals surface area contributed by atoms with Gasteiger partial charge in [0.05, 0.1) is 17.7 Å². The van der Waals surface area contributed by atoms with Crippen LogP contribution in [-0.4, -0.2) is 23.2 Å². The number of hydrogen-bond acceptors (Lipinski definition) is 6.